The number of primary amides is 1. The van der Waals surface area contributed by atoms with Crippen molar-refractivity contribution in [2.45, 2.75) is 25.9 Å². The number of carbonyl (C=O) groups excluding carboxylic acids is 1. The Hall–Kier alpha value is -1.37. The first-order valence-electron chi connectivity index (χ1n) is 7.01. The Kier molecular flexibility index (Phi) is 5.39. The lowest BCUT2D eigenvalue weighted by Crippen LogP contribution is -2.50. The van der Waals surface area contributed by atoms with E-state index in [0.717, 1.165) is 19.8 Å². The molecule has 116 valence electrons. The van der Waals surface area contributed by atoms with Crippen LogP contribution in [0.4, 0.5) is 5.82 Å². The van der Waals surface area contributed by atoms with Gasteiger partial charge in [0.05, 0.1) is 23.8 Å². The molecule has 2 atom stereocenters. The van der Waals surface area contributed by atoms with Crippen LogP contribution in [0.2, 0.25) is 5.02 Å². The number of amides is 1. The van der Waals surface area contributed by atoms with E-state index in [0.29, 0.717) is 35.0 Å². The third kappa shape index (κ3) is 4.06. The summed E-state index contributed by atoms with van der Waals surface area (Å²) >= 11 is 6.10. The van der Waals surface area contributed by atoms with E-state index in [1.54, 1.807) is 0 Å². The van der Waals surface area contributed by atoms with Gasteiger partial charge in [-0.2, -0.15) is 0 Å². The number of nitrogens with one attached hydrogen (secondary N) is 1. The Morgan fingerprint density at radius 1 is 1.71 bits per heavy atom. The number of anilines is 1. The van der Waals surface area contributed by atoms with Gasteiger partial charge in [0.15, 0.2) is 0 Å². The molecule has 0 aromatic carbocycles. The van der Waals surface area contributed by atoms with Crippen LogP contribution in [0, 0.1) is 0 Å². The number of ether oxygens (including phenoxy) is 1. The number of halogens is 1. The summed E-state index contributed by atoms with van der Waals surface area (Å²) in [6.45, 7) is 7.47. The van der Waals surface area contributed by atoms with Crippen molar-refractivity contribution in [3.05, 3.63) is 22.8 Å². The first kappa shape index (κ1) is 16.0. The number of hydrogen-bond acceptors (Lipinski definition) is 5. The standard InChI is InChI=1S/C14H21ClN4O2/c1-9(19-3-4-21-8-10(19)2)6-17-14-12(15)5-11(7-18-14)13(16)20/h5,7,9-10H,3-4,6,8H2,1-2H3,(H2,16,20)(H,17,18). The second-order valence-corrected chi connectivity index (χ2v) is 5.72. The van der Waals surface area contributed by atoms with Crippen molar-refractivity contribution >= 4 is 23.3 Å². The smallest absolute Gasteiger partial charge is 0.250 e. The maximum absolute atomic E-state index is 11.1. The predicted molar refractivity (Wildman–Crippen MR) is 82.7 cm³/mol. The average Bonchev–Trinajstić information content (AvgIpc) is 2.46. The van der Waals surface area contributed by atoms with Crippen LogP contribution < -0.4 is 11.1 Å². The van der Waals surface area contributed by atoms with E-state index in [-0.39, 0.29) is 0 Å². The van der Waals surface area contributed by atoms with Crippen LogP contribution in [-0.2, 0) is 4.74 Å². The summed E-state index contributed by atoms with van der Waals surface area (Å²) < 4.78 is 5.44. The van der Waals surface area contributed by atoms with Crippen molar-refractivity contribution in [2.75, 3.05) is 31.6 Å². The molecule has 1 aliphatic heterocycles. The molecule has 1 aliphatic rings. The SMILES string of the molecule is CC(CNc1ncc(C(N)=O)cc1Cl)N1CCOCC1C. The fourth-order valence-electron chi connectivity index (χ4n) is 2.46. The van der Waals surface area contributed by atoms with E-state index < -0.39 is 5.91 Å². The molecule has 0 spiro atoms. The fourth-order valence-corrected chi connectivity index (χ4v) is 2.69. The van der Waals surface area contributed by atoms with Gasteiger partial charge in [-0.3, -0.25) is 9.69 Å². The van der Waals surface area contributed by atoms with Gasteiger partial charge < -0.3 is 15.8 Å². The molecule has 0 bridgehead atoms. The highest BCUT2D eigenvalue weighted by atomic mass is 35.5. The molecular weight excluding hydrogens is 292 g/mol. The van der Waals surface area contributed by atoms with Crippen molar-refractivity contribution < 1.29 is 9.53 Å². The van der Waals surface area contributed by atoms with Gasteiger partial charge in [-0.25, -0.2) is 4.98 Å². The zero-order chi connectivity index (χ0) is 15.4. The van der Waals surface area contributed by atoms with E-state index in [1.165, 1.54) is 12.3 Å². The molecule has 3 N–H and O–H groups in total. The minimum atomic E-state index is -0.536. The molecule has 1 aromatic heterocycles. The molecule has 2 heterocycles. The molecule has 2 unspecified atom stereocenters. The normalized spacial score (nSPS) is 21.0. The van der Waals surface area contributed by atoms with Crippen molar-refractivity contribution in [3.63, 3.8) is 0 Å². The van der Waals surface area contributed by atoms with Crippen LogP contribution in [0.15, 0.2) is 12.3 Å². The molecule has 21 heavy (non-hydrogen) atoms. The van der Waals surface area contributed by atoms with Gasteiger partial charge in [0.25, 0.3) is 0 Å². The summed E-state index contributed by atoms with van der Waals surface area (Å²) in [6.07, 6.45) is 1.43. The summed E-state index contributed by atoms with van der Waals surface area (Å²) in [5.74, 6) is 0.0286. The predicted octanol–water partition coefficient (Wildman–Crippen LogP) is 1.35. The van der Waals surface area contributed by atoms with E-state index in [1.807, 2.05) is 0 Å². The highest BCUT2D eigenvalue weighted by molar-refractivity contribution is 6.33. The molecule has 0 radical (unpaired) electrons. The number of pyridine rings is 1. The van der Waals surface area contributed by atoms with Crippen molar-refractivity contribution in [1.82, 2.24) is 9.88 Å². The lowest BCUT2D eigenvalue weighted by molar-refractivity contribution is -0.0159. The monoisotopic (exact) mass is 312 g/mol. The van der Waals surface area contributed by atoms with Crippen molar-refractivity contribution in [3.8, 4) is 0 Å². The third-order valence-corrected chi connectivity index (χ3v) is 3.96. The second-order valence-electron chi connectivity index (χ2n) is 5.31. The molecule has 0 aliphatic carbocycles. The van der Waals surface area contributed by atoms with Crippen LogP contribution in [-0.4, -0.2) is 54.2 Å². The van der Waals surface area contributed by atoms with Crippen molar-refractivity contribution in [2.24, 2.45) is 5.73 Å². The highest BCUT2D eigenvalue weighted by Gasteiger charge is 2.23. The zero-order valence-corrected chi connectivity index (χ0v) is 13.1. The largest absolute Gasteiger partial charge is 0.379 e. The highest BCUT2D eigenvalue weighted by Crippen LogP contribution is 2.20. The van der Waals surface area contributed by atoms with Gasteiger partial charge in [0, 0.05) is 31.4 Å². The van der Waals surface area contributed by atoms with Gasteiger partial charge in [-0.05, 0) is 19.9 Å². The fraction of sp³-hybridized carbons (Fsp3) is 0.571. The lowest BCUT2D eigenvalue weighted by atomic mass is 10.2. The number of aromatic nitrogens is 1. The summed E-state index contributed by atoms with van der Waals surface area (Å²) in [6, 6.07) is 2.26. The quantitative estimate of drug-likeness (QED) is 0.858. The molecule has 1 amide bonds. The first-order chi connectivity index (χ1) is 9.99. The van der Waals surface area contributed by atoms with Crippen LogP contribution in [0.3, 0.4) is 0 Å². The first-order valence-corrected chi connectivity index (χ1v) is 7.39. The van der Waals surface area contributed by atoms with Gasteiger partial charge >= 0.3 is 0 Å². The molecular formula is C14H21ClN4O2. The number of rotatable bonds is 5. The molecule has 6 nitrogen and oxygen atoms in total. The maximum atomic E-state index is 11.1. The average molecular weight is 313 g/mol. The molecule has 1 aromatic rings. The number of nitrogens with zero attached hydrogens (tertiary/aromatic N) is 2. The van der Waals surface area contributed by atoms with Crippen LogP contribution >= 0.6 is 11.6 Å². The number of hydrogen-bond donors (Lipinski definition) is 2. The zero-order valence-electron chi connectivity index (χ0n) is 12.3. The topological polar surface area (TPSA) is 80.5 Å². The molecule has 0 saturated carbocycles. The Balaban J connectivity index is 1.94. The van der Waals surface area contributed by atoms with E-state index >= 15 is 0 Å². The number of morpholine rings is 1. The Labute approximate surface area is 129 Å². The van der Waals surface area contributed by atoms with E-state index in [2.05, 4.69) is 29.0 Å². The number of carbonyl (C=O) groups is 1. The molecule has 1 fully saturated rings. The van der Waals surface area contributed by atoms with Crippen LogP contribution in [0.1, 0.15) is 24.2 Å². The summed E-state index contributed by atoms with van der Waals surface area (Å²) in [4.78, 5) is 17.6. The molecule has 7 heteroatoms. The van der Waals surface area contributed by atoms with Gasteiger partial charge in [0.2, 0.25) is 5.91 Å². The number of nitrogens with two attached hydrogens (primary N) is 1. The van der Waals surface area contributed by atoms with Gasteiger partial charge in [-0.1, -0.05) is 11.6 Å². The summed E-state index contributed by atoms with van der Waals surface area (Å²) in [5.41, 5.74) is 5.50. The summed E-state index contributed by atoms with van der Waals surface area (Å²) in [7, 11) is 0. The summed E-state index contributed by atoms with van der Waals surface area (Å²) in [5, 5.41) is 3.62. The Morgan fingerprint density at radius 2 is 2.48 bits per heavy atom. The lowest BCUT2D eigenvalue weighted by Gasteiger charge is -2.38. The minimum absolute atomic E-state index is 0.306. The van der Waals surface area contributed by atoms with Crippen molar-refractivity contribution in [1.29, 1.82) is 0 Å². The molecule has 1 saturated heterocycles. The molecule has 2 rings (SSSR count). The van der Waals surface area contributed by atoms with Crippen LogP contribution in [0.25, 0.3) is 0 Å². The second kappa shape index (κ2) is 7.06. The van der Waals surface area contributed by atoms with Crippen LogP contribution in [0.5, 0.6) is 0 Å². The minimum Gasteiger partial charge on any atom is -0.379 e. The third-order valence-electron chi connectivity index (χ3n) is 3.68. The van der Waals surface area contributed by atoms with E-state index in [4.69, 9.17) is 22.1 Å². The Bertz CT molecular complexity index is 512. The van der Waals surface area contributed by atoms with Gasteiger partial charge in [-0.15, -0.1) is 0 Å². The maximum Gasteiger partial charge on any atom is 0.250 e. The van der Waals surface area contributed by atoms with E-state index in [9.17, 15) is 4.79 Å². The van der Waals surface area contributed by atoms with Gasteiger partial charge in [0.1, 0.15) is 5.82 Å². The Morgan fingerprint density at radius 3 is 3.10 bits per heavy atom.